The molecule has 1 aliphatic rings. The van der Waals surface area contributed by atoms with Gasteiger partial charge in [-0.2, -0.15) is 0 Å². The zero-order chi connectivity index (χ0) is 12.2. The average Bonchev–Trinajstić information content (AvgIpc) is 2.20. The summed E-state index contributed by atoms with van der Waals surface area (Å²) in [7, 11) is 0. The van der Waals surface area contributed by atoms with E-state index in [1.54, 1.807) is 0 Å². The maximum atomic E-state index is 10.2. The first-order valence-corrected chi connectivity index (χ1v) is 5.55. The Balaban J connectivity index is 2.44. The van der Waals surface area contributed by atoms with Crippen molar-refractivity contribution in [3.63, 3.8) is 0 Å². The zero-order valence-corrected chi connectivity index (χ0v) is 9.66. The summed E-state index contributed by atoms with van der Waals surface area (Å²) >= 11 is 0. The highest BCUT2D eigenvalue weighted by Gasteiger charge is 2.31. The second kappa shape index (κ2) is 5.16. The third kappa shape index (κ3) is 4.06. The molecule has 1 rings (SSSR count). The van der Waals surface area contributed by atoms with E-state index >= 15 is 0 Å². The number of nitrogens with zero attached hydrogens (tertiary/aromatic N) is 1. The molecular weight excluding hydrogens is 206 g/mol. The van der Waals surface area contributed by atoms with E-state index in [0.29, 0.717) is 5.92 Å². The van der Waals surface area contributed by atoms with E-state index in [9.17, 15) is 5.11 Å². The number of aliphatic hydroxyl groups is 1. The van der Waals surface area contributed by atoms with E-state index in [4.69, 9.17) is 16.9 Å². The number of hydrogen-bond donors (Lipinski definition) is 5. The smallest absolute Gasteiger partial charge is 0.195 e. The van der Waals surface area contributed by atoms with Gasteiger partial charge in [-0.3, -0.25) is 15.7 Å². The van der Waals surface area contributed by atoms with Gasteiger partial charge in [0, 0.05) is 0 Å². The molecule has 7 N–H and O–H groups in total. The van der Waals surface area contributed by atoms with Crippen molar-refractivity contribution in [2.75, 3.05) is 6.54 Å². The molecule has 0 unspecified atom stereocenters. The van der Waals surface area contributed by atoms with E-state index in [1.165, 1.54) is 0 Å². The highest BCUT2D eigenvalue weighted by molar-refractivity contribution is 5.95. The van der Waals surface area contributed by atoms with E-state index in [-0.39, 0.29) is 18.5 Å². The summed E-state index contributed by atoms with van der Waals surface area (Å²) in [6.45, 7) is 2.46. The van der Waals surface area contributed by atoms with Crippen LogP contribution >= 0.6 is 0 Å². The van der Waals surface area contributed by atoms with Crippen molar-refractivity contribution in [3.8, 4) is 0 Å². The fraction of sp³-hybridized carbons (Fsp3) is 0.800. The zero-order valence-electron chi connectivity index (χ0n) is 9.66. The SMILES string of the molecule is CC1CCC(O)(CN=C(N)NC(=N)N)CC1. The Morgan fingerprint density at radius 1 is 1.50 bits per heavy atom. The second-order valence-corrected chi connectivity index (χ2v) is 4.65. The van der Waals surface area contributed by atoms with Gasteiger partial charge in [0.1, 0.15) is 0 Å². The van der Waals surface area contributed by atoms with Crippen LogP contribution in [0.15, 0.2) is 4.99 Å². The standard InChI is InChI=1S/C10H21N5O/c1-7-2-4-10(16,5-3-7)6-14-9(13)15-8(11)12/h7,16H,2-6H2,1H3,(H6,11,12,13,14,15). The first-order valence-electron chi connectivity index (χ1n) is 5.55. The molecule has 0 aromatic heterocycles. The van der Waals surface area contributed by atoms with Gasteiger partial charge in [-0.1, -0.05) is 6.92 Å². The fourth-order valence-corrected chi connectivity index (χ4v) is 1.87. The van der Waals surface area contributed by atoms with Crippen molar-refractivity contribution >= 4 is 11.9 Å². The van der Waals surface area contributed by atoms with Crippen LogP contribution in [-0.4, -0.2) is 29.2 Å². The molecule has 0 bridgehead atoms. The molecule has 1 aliphatic carbocycles. The minimum Gasteiger partial charge on any atom is -0.388 e. The Hall–Kier alpha value is -1.30. The van der Waals surface area contributed by atoms with Gasteiger partial charge < -0.3 is 16.6 Å². The Morgan fingerprint density at radius 2 is 2.06 bits per heavy atom. The molecule has 16 heavy (non-hydrogen) atoms. The molecule has 0 atom stereocenters. The number of hydrogen-bond acceptors (Lipinski definition) is 3. The number of guanidine groups is 2. The van der Waals surface area contributed by atoms with Crippen LogP contribution in [0.2, 0.25) is 0 Å². The minimum absolute atomic E-state index is 0.0829. The lowest BCUT2D eigenvalue weighted by molar-refractivity contribution is 0.00169. The summed E-state index contributed by atoms with van der Waals surface area (Å²) in [5, 5.41) is 19.5. The molecule has 1 saturated carbocycles. The molecule has 0 spiro atoms. The Kier molecular flexibility index (Phi) is 4.12. The topological polar surface area (TPSA) is 121 Å². The van der Waals surface area contributed by atoms with Crippen molar-refractivity contribution in [2.24, 2.45) is 22.4 Å². The molecular formula is C10H21N5O. The van der Waals surface area contributed by atoms with Gasteiger partial charge in [0.25, 0.3) is 0 Å². The number of nitrogens with two attached hydrogens (primary N) is 2. The Labute approximate surface area is 95.6 Å². The quantitative estimate of drug-likeness (QED) is 0.329. The van der Waals surface area contributed by atoms with Gasteiger partial charge in [-0.15, -0.1) is 0 Å². The molecule has 1 fully saturated rings. The van der Waals surface area contributed by atoms with Crippen LogP contribution < -0.4 is 16.8 Å². The van der Waals surface area contributed by atoms with Crippen LogP contribution in [0.3, 0.4) is 0 Å². The third-order valence-electron chi connectivity index (χ3n) is 3.01. The highest BCUT2D eigenvalue weighted by Crippen LogP contribution is 2.31. The molecule has 0 saturated heterocycles. The molecule has 6 heteroatoms. The number of aliphatic imine (C=N–C) groups is 1. The largest absolute Gasteiger partial charge is 0.388 e. The van der Waals surface area contributed by atoms with Crippen LogP contribution in [0.1, 0.15) is 32.6 Å². The minimum atomic E-state index is -0.740. The summed E-state index contributed by atoms with van der Waals surface area (Å²) in [5.41, 5.74) is 9.85. The van der Waals surface area contributed by atoms with Crippen LogP contribution in [0.4, 0.5) is 0 Å². The monoisotopic (exact) mass is 227 g/mol. The van der Waals surface area contributed by atoms with E-state index < -0.39 is 5.60 Å². The van der Waals surface area contributed by atoms with E-state index in [1.807, 2.05) is 0 Å². The highest BCUT2D eigenvalue weighted by atomic mass is 16.3. The lowest BCUT2D eigenvalue weighted by atomic mass is 9.80. The second-order valence-electron chi connectivity index (χ2n) is 4.65. The van der Waals surface area contributed by atoms with Crippen molar-refractivity contribution in [1.82, 2.24) is 5.32 Å². The molecule has 0 aromatic rings. The van der Waals surface area contributed by atoms with Crippen LogP contribution in [0, 0.1) is 11.3 Å². The maximum absolute atomic E-state index is 10.2. The van der Waals surface area contributed by atoms with Gasteiger partial charge in [0.15, 0.2) is 11.9 Å². The van der Waals surface area contributed by atoms with Gasteiger partial charge in [0.2, 0.25) is 0 Å². The average molecular weight is 227 g/mol. The lowest BCUT2D eigenvalue weighted by Crippen LogP contribution is -2.43. The predicted molar refractivity (Wildman–Crippen MR) is 64.1 cm³/mol. The van der Waals surface area contributed by atoms with E-state index in [2.05, 4.69) is 17.2 Å². The van der Waals surface area contributed by atoms with Crippen LogP contribution in [0.5, 0.6) is 0 Å². The summed E-state index contributed by atoms with van der Waals surface area (Å²) in [5.74, 6) is 0.516. The first kappa shape index (κ1) is 12.8. The molecule has 0 heterocycles. The summed E-state index contributed by atoms with van der Waals surface area (Å²) in [4.78, 5) is 4.00. The molecule has 92 valence electrons. The number of nitrogens with one attached hydrogen (secondary N) is 2. The van der Waals surface area contributed by atoms with Crippen LogP contribution in [-0.2, 0) is 0 Å². The summed E-state index contributed by atoms with van der Waals surface area (Å²) < 4.78 is 0. The molecule has 0 aliphatic heterocycles. The Bertz CT molecular complexity index is 281. The lowest BCUT2D eigenvalue weighted by Gasteiger charge is -2.33. The third-order valence-corrected chi connectivity index (χ3v) is 3.01. The van der Waals surface area contributed by atoms with E-state index in [0.717, 1.165) is 25.7 Å². The summed E-state index contributed by atoms with van der Waals surface area (Å²) in [6, 6.07) is 0. The van der Waals surface area contributed by atoms with Crippen molar-refractivity contribution in [2.45, 2.75) is 38.2 Å². The van der Waals surface area contributed by atoms with Gasteiger partial charge in [0.05, 0.1) is 12.1 Å². The van der Waals surface area contributed by atoms with Crippen molar-refractivity contribution < 1.29 is 5.11 Å². The van der Waals surface area contributed by atoms with Gasteiger partial charge in [-0.05, 0) is 31.6 Å². The van der Waals surface area contributed by atoms with Crippen molar-refractivity contribution in [3.05, 3.63) is 0 Å². The molecule has 0 radical (unpaired) electrons. The van der Waals surface area contributed by atoms with Gasteiger partial charge >= 0.3 is 0 Å². The number of rotatable bonds is 2. The molecule has 6 nitrogen and oxygen atoms in total. The molecule has 0 aromatic carbocycles. The normalized spacial score (nSPS) is 31.1. The fourth-order valence-electron chi connectivity index (χ4n) is 1.87. The van der Waals surface area contributed by atoms with Crippen LogP contribution in [0.25, 0.3) is 0 Å². The van der Waals surface area contributed by atoms with Gasteiger partial charge in [-0.25, -0.2) is 0 Å². The summed E-state index contributed by atoms with van der Waals surface area (Å²) in [6.07, 6.45) is 3.55. The first-order chi connectivity index (χ1) is 7.41. The predicted octanol–water partition coefficient (Wildman–Crippen LogP) is -0.275. The van der Waals surface area contributed by atoms with Crippen molar-refractivity contribution in [1.29, 1.82) is 5.41 Å². The molecule has 0 amide bonds. The maximum Gasteiger partial charge on any atom is 0.195 e. The Morgan fingerprint density at radius 3 is 2.56 bits per heavy atom.